The van der Waals surface area contributed by atoms with Crippen LogP contribution in [-0.2, 0) is 0 Å². The first-order chi connectivity index (χ1) is 8.61. The number of benzene rings is 1. The fraction of sp³-hybridized carbons (Fsp3) is 0.500. The highest BCUT2D eigenvalue weighted by Gasteiger charge is 2.02. The summed E-state index contributed by atoms with van der Waals surface area (Å²) in [6, 6.07) is 7.71. The van der Waals surface area contributed by atoms with E-state index in [0.717, 1.165) is 24.3 Å². The normalized spacial score (nSPS) is 10.2. The van der Waals surface area contributed by atoms with Gasteiger partial charge < -0.3 is 16.0 Å². The third kappa shape index (κ3) is 5.57. The lowest BCUT2D eigenvalue weighted by molar-refractivity contribution is 0.250. The van der Waals surface area contributed by atoms with E-state index >= 15 is 0 Å². The molecule has 4 nitrogen and oxygen atoms in total. The van der Waals surface area contributed by atoms with Crippen LogP contribution in [-0.4, -0.2) is 18.6 Å². The molecule has 1 rings (SSSR count). The first-order valence-corrected chi connectivity index (χ1v) is 6.53. The van der Waals surface area contributed by atoms with Crippen molar-refractivity contribution in [2.75, 3.05) is 17.2 Å². The lowest BCUT2D eigenvalue weighted by Crippen LogP contribution is -2.34. The molecule has 0 heterocycles. The van der Waals surface area contributed by atoms with Crippen molar-refractivity contribution in [1.82, 2.24) is 5.32 Å². The van der Waals surface area contributed by atoms with Gasteiger partial charge in [-0.1, -0.05) is 13.3 Å². The molecule has 0 unspecified atom stereocenters. The monoisotopic (exact) mass is 249 g/mol. The van der Waals surface area contributed by atoms with E-state index in [9.17, 15) is 4.79 Å². The van der Waals surface area contributed by atoms with E-state index < -0.39 is 0 Å². The molecule has 0 aliphatic carbocycles. The first-order valence-electron chi connectivity index (χ1n) is 6.53. The van der Waals surface area contributed by atoms with E-state index in [1.54, 1.807) is 0 Å². The van der Waals surface area contributed by atoms with Crippen molar-refractivity contribution in [2.45, 2.75) is 39.7 Å². The zero-order valence-electron chi connectivity index (χ0n) is 11.4. The molecule has 4 heteroatoms. The van der Waals surface area contributed by atoms with Gasteiger partial charge in [-0.05, 0) is 44.5 Å². The number of urea groups is 1. The molecule has 1 aromatic carbocycles. The molecule has 0 fully saturated rings. The van der Waals surface area contributed by atoms with E-state index in [1.807, 2.05) is 38.1 Å². The fourth-order valence-electron chi connectivity index (χ4n) is 1.51. The van der Waals surface area contributed by atoms with Gasteiger partial charge in [-0.15, -0.1) is 0 Å². The van der Waals surface area contributed by atoms with E-state index in [4.69, 9.17) is 0 Å². The summed E-state index contributed by atoms with van der Waals surface area (Å²) in [6.07, 6.45) is 2.35. The Morgan fingerprint density at radius 1 is 1.17 bits per heavy atom. The molecule has 0 bridgehead atoms. The molecule has 100 valence electrons. The van der Waals surface area contributed by atoms with Crippen LogP contribution >= 0.6 is 0 Å². The summed E-state index contributed by atoms with van der Waals surface area (Å²) in [7, 11) is 0. The number of rotatable bonds is 6. The maximum atomic E-state index is 11.5. The van der Waals surface area contributed by atoms with Crippen LogP contribution in [0, 0.1) is 0 Å². The summed E-state index contributed by atoms with van der Waals surface area (Å²) >= 11 is 0. The number of carbonyl (C=O) groups is 1. The van der Waals surface area contributed by atoms with Gasteiger partial charge in [-0.25, -0.2) is 4.79 Å². The van der Waals surface area contributed by atoms with Gasteiger partial charge in [0.1, 0.15) is 0 Å². The molecular weight excluding hydrogens is 226 g/mol. The second-order valence-corrected chi connectivity index (χ2v) is 4.61. The third-order valence-electron chi connectivity index (χ3n) is 2.42. The minimum Gasteiger partial charge on any atom is -0.385 e. The lowest BCUT2D eigenvalue weighted by Gasteiger charge is -2.11. The van der Waals surface area contributed by atoms with Crippen LogP contribution in [0.4, 0.5) is 16.2 Å². The van der Waals surface area contributed by atoms with Gasteiger partial charge >= 0.3 is 6.03 Å². The highest BCUT2D eigenvalue weighted by molar-refractivity contribution is 5.89. The number of amides is 2. The van der Waals surface area contributed by atoms with Gasteiger partial charge in [0.25, 0.3) is 0 Å². The maximum Gasteiger partial charge on any atom is 0.319 e. The Hall–Kier alpha value is -1.71. The zero-order valence-corrected chi connectivity index (χ0v) is 11.4. The Bertz CT molecular complexity index is 360. The predicted octanol–water partition coefficient (Wildman–Crippen LogP) is 3.43. The molecule has 0 atom stereocenters. The molecule has 3 N–H and O–H groups in total. The highest BCUT2D eigenvalue weighted by atomic mass is 16.2. The second-order valence-electron chi connectivity index (χ2n) is 4.61. The van der Waals surface area contributed by atoms with Crippen LogP contribution in [0.1, 0.15) is 33.6 Å². The average molecular weight is 249 g/mol. The fourth-order valence-corrected chi connectivity index (χ4v) is 1.51. The minimum atomic E-state index is -0.170. The van der Waals surface area contributed by atoms with Crippen molar-refractivity contribution >= 4 is 17.4 Å². The minimum absolute atomic E-state index is 0.139. The number of hydrogen-bond acceptors (Lipinski definition) is 2. The summed E-state index contributed by atoms with van der Waals surface area (Å²) in [6.45, 7) is 7.01. The van der Waals surface area contributed by atoms with Crippen LogP contribution in [0.25, 0.3) is 0 Å². The Kier molecular flexibility index (Phi) is 6.05. The number of anilines is 2. The number of unbranched alkanes of at least 4 members (excludes halogenated alkanes) is 1. The lowest BCUT2D eigenvalue weighted by atomic mass is 10.2. The van der Waals surface area contributed by atoms with Crippen LogP contribution in [0.2, 0.25) is 0 Å². The number of carbonyl (C=O) groups excluding carboxylic acids is 1. The van der Waals surface area contributed by atoms with Crippen LogP contribution in [0.15, 0.2) is 24.3 Å². The van der Waals surface area contributed by atoms with Crippen molar-refractivity contribution < 1.29 is 4.79 Å². The van der Waals surface area contributed by atoms with Crippen molar-refractivity contribution in [3.63, 3.8) is 0 Å². The summed E-state index contributed by atoms with van der Waals surface area (Å²) in [5.74, 6) is 0. The molecule has 0 aliphatic heterocycles. The van der Waals surface area contributed by atoms with E-state index in [0.29, 0.717) is 0 Å². The molecule has 0 spiro atoms. The van der Waals surface area contributed by atoms with Crippen molar-refractivity contribution in [1.29, 1.82) is 0 Å². The number of nitrogens with one attached hydrogen (secondary N) is 3. The molecule has 0 saturated carbocycles. The topological polar surface area (TPSA) is 53.2 Å². The number of hydrogen-bond donors (Lipinski definition) is 3. The zero-order chi connectivity index (χ0) is 13.4. The molecule has 0 aliphatic rings. The van der Waals surface area contributed by atoms with Crippen LogP contribution < -0.4 is 16.0 Å². The van der Waals surface area contributed by atoms with Gasteiger partial charge in [0, 0.05) is 24.0 Å². The molecule has 0 aromatic heterocycles. The van der Waals surface area contributed by atoms with Crippen molar-refractivity contribution in [2.24, 2.45) is 0 Å². The average Bonchev–Trinajstić information content (AvgIpc) is 2.30. The van der Waals surface area contributed by atoms with E-state index in [-0.39, 0.29) is 12.1 Å². The van der Waals surface area contributed by atoms with Crippen molar-refractivity contribution in [3.8, 4) is 0 Å². The van der Waals surface area contributed by atoms with Crippen LogP contribution in [0.5, 0.6) is 0 Å². The van der Waals surface area contributed by atoms with Gasteiger partial charge in [-0.3, -0.25) is 0 Å². The Morgan fingerprint density at radius 3 is 2.33 bits per heavy atom. The molecule has 0 saturated heterocycles. The molecule has 2 amide bonds. The second kappa shape index (κ2) is 7.58. The Balaban J connectivity index is 2.42. The first kappa shape index (κ1) is 14.4. The van der Waals surface area contributed by atoms with Crippen LogP contribution in [0.3, 0.4) is 0 Å². The Morgan fingerprint density at radius 2 is 1.78 bits per heavy atom. The smallest absolute Gasteiger partial charge is 0.319 e. The molecule has 1 aromatic rings. The standard InChI is InChI=1S/C14H23N3O/c1-4-5-10-15-12-6-8-13(9-7-12)17-14(18)16-11(2)3/h6-9,11,15H,4-5,10H2,1-3H3,(H2,16,17,18). The molecule has 18 heavy (non-hydrogen) atoms. The molecule has 0 radical (unpaired) electrons. The maximum absolute atomic E-state index is 11.5. The summed E-state index contributed by atoms with van der Waals surface area (Å²) in [4.78, 5) is 11.5. The summed E-state index contributed by atoms with van der Waals surface area (Å²) in [5.41, 5.74) is 1.88. The van der Waals surface area contributed by atoms with E-state index in [2.05, 4.69) is 22.9 Å². The highest BCUT2D eigenvalue weighted by Crippen LogP contribution is 2.13. The van der Waals surface area contributed by atoms with Gasteiger partial charge in [0.05, 0.1) is 0 Å². The Labute approximate surface area is 109 Å². The molecular formula is C14H23N3O. The van der Waals surface area contributed by atoms with E-state index in [1.165, 1.54) is 6.42 Å². The predicted molar refractivity (Wildman–Crippen MR) is 77.1 cm³/mol. The largest absolute Gasteiger partial charge is 0.385 e. The van der Waals surface area contributed by atoms with Gasteiger partial charge in [0.2, 0.25) is 0 Å². The SMILES string of the molecule is CCCCNc1ccc(NC(=O)NC(C)C)cc1. The van der Waals surface area contributed by atoms with Gasteiger partial charge in [0.15, 0.2) is 0 Å². The summed E-state index contributed by atoms with van der Waals surface area (Å²) < 4.78 is 0. The quantitative estimate of drug-likeness (QED) is 0.676. The van der Waals surface area contributed by atoms with Crippen molar-refractivity contribution in [3.05, 3.63) is 24.3 Å². The third-order valence-corrected chi connectivity index (χ3v) is 2.42. The van der Waals surface area contributed by atoms with Gasteiger partial charge in [-0.2, -0.15) is 0 Å². The summed E-state index contributed by atoms with van der Waals surface area (Å²) in [5, 5.41) is 8.90.